The fourth-order valence-electron chi connectivity index (χ4n) is 1.48. The van der Waals surface area contributed by atoms with Gasteiger partial charge in [-0.15, -0.1) is 5.10 Å². The quantitative estimate of drug-likeness (QED) is 0.799. The van der Waals surface area contributed by atoms with E-state index in [2.05, 4.69) is 38.2 Å². The number of hydrogen-bond acceptors (Lipinski definition) is 4. The average Bonchev–Trinajstić information content (AvgIpc) is 2.80. The predicted octanol–water partition coefficient (Wildman–Crippen LogP) is 1.57. The molecule has 2 N–H and O–H groups in total. The topological polar surface area (TPSA) is 80.0 Å². The smallest absolute Gasteiger partial charge is 0.246 e. The van der Waals surface area contributed by atoms with Gasteiger partial charge in [-0.05, 0) is 41.6 Å². The summed E-state index contributed by atoms with van der Waals surface area (Å²) in [6.45, 7) is 1.66. The van der Waals surface area contributed by atoms with Crippen molar-refractivity contribution in [2.45, 2.75) is 19.6 Å². The van der Waals surface area contributed by atoms with E-state index in [1.54, 1.807) is 13.1 Å². The number of aliphatic hydroxyl groups excluding tert-OH is 1. The fourth-order valence-corrected chi connectivity index (χ4v) is 2.00. The zero-order valence-electron chi connectivity index (χ0n) is 10.2. The molecule has 7 heteroatoms. The number of nitrogens with zero attached hydrogens (tertiary/aromatic N) is 3. The molecule has 1 amide bonds. The lowest BCUT2D eigenvalue weighted by Gasteiger charge is -2.06. The van der Waals surface area contributed by atoms with Crippen LogP contribution >= 0.6 is 22.6 Å². The fraction of sp³-hybridized carbons (Fsp3) is 0.250. The van der Waals surface area contributed by atoms with Gasteiger partial charge in [-0.3, -0.25) is 4.79 Å². The number of aliphatic hydroxyl groups is 1. The molecule has 0 aliphatic rings. The van der Waals surface area contributed by atoms with Gasteiger partial charge in [0.15, 0.2) is 0 Å². The molecule has 1 aromatic heterocycles. The van der Waals surface area contributed by atoms with Gasteiger partial charge in [-0.1, -0.05) is 17.3 Å². The number of benzene rings is 1. The minimum absolute atomic E-state index is 0.0602. The van der Waals surface area contributed by atoms with Crippen molar-refractivity contribution >= 4 is 34.2 Å². The lowest BCUT2D eigenvalue weighted by atomic mass is 10.3. The van der Waals surface area contributed by atoms with Gasteiger partial charge in [0, 0.05) is 3.57 Å². The van der Waals surface area contributed by atoms with Gasteiger partial charge < -0.3 is 10.4 Å². The van der Waals surface area contributed by atoms with Crippen LogP contribution in [0.3, 0.4) is 0 Å². The molecule has 2 aromatic rings. The molecule has 2 rings (SSSR count). The first-order valence-corrected chi connectivity index (χ1v) is 6.76. The van der Waals surface area contributed by atoms with Crippen molar-refractivity contribution in [3.63, 3.8) is 0 Å². The highest BCUT2D eigenvalue weighted by molar-refractivity contribution is 14.1. The zero-order valence-corrected chi connectivity index (χ0v) is 12.4. The lowest BCUT2D eigenvalue weighted by Crippen LogP contribution is -2.19. The number of rotatable bonds is 4. The largest absolute Gasteiger partial charge is 0.387 e. The van der Waals surface area contributed by atoms with Crippen LogP contribution in [-0.4, -0.2) is 26.0 Å². The van der Waals surface area contributed by atoms with Crippen LogP contribution in [0.4, 0.5) is 5.69 Å². The minimum atomic E-state index is -0.688. The highest BCUT2D eigenvalue weighted by Gasteiger charge is 2.10. The van der Waals surface area contributed by atoms with Crippen LogP contribution in [0.5, 0.6) is 0 Å². The normalized spacial score (nSPS) is 12.2. The maximum absolute atomic E-state index is 11.8. The Balaban J connectivity index is 1.99. The first-order chi connectivity index (χ1) is 9.06. The standard InChI is InChI=1S/C12H13IN4O2/c1-8(18)11-6-17(16-15-11)7-12(19)14-10-5-3-2-4-9(10)13/h2-6,8,18H,7H2,1H3,(H,14,19). The molecule has 1 aromatic carbocycles. The summed E-state index contributed by atoms with van der Waals surface area (Å²) in [4.78, 5) is 11.8. The van der Waals surface area contributed by atoms with E-state index < -0.39 is 6.10 Å². The molecule has 0 saturated carbocycles. The van der Waals surface area contributed by atoms with Crippen LogP contribution in [-0.2, 0) is 11.3 Å². The summed E-state index contributed by atoms with van der Waals surface area (Å²) in [5, 5.41) is 19.7. The molecule has 0 bridgehead atoms. The van der Waals surface area contributed by atoms with Crippen molar-refractivity contribution in [1.29, 1.82) is 0 Å². The number of halogens is 1. The van der Waals surface area contributed by atoms with Crippen LogP contribution in [0.2, 0.25) is 0 Å². The van der Waals surface area contributed by atoms with E-state index in [0.717, 1.165) is 9.26 Å². The summed E-state index contributed by atoms with van der Waals surface area (Å²) in [6.07, 6.45) is 0.868. The molecule has 6 nitrogen and oxygen atoms in total. The van der Waals surface area contributed by atoms with Gasteiger partial charge in [0.2, 0.25) is 5.91 Å². The van der Waals surface area contributed by atoms with E-state index in [0.29, 0.717) is 5.69 Å². The maximum atomic E-state index is 11.8. The molecule has 1 unspecified atom stereocenters. The molecule has 0 saturated heterocycles. The second kappa shape index (κ2) is 6.11. The van der Waals surface area contributed by atoms with Crippen molar-refractivity contribution in [3.8, 4) is 0 Å². The van der Waals surface area contributed by atoms with Gasteiger partial charge in [0.25, 0.3) is 0 Å². The third-order valence-electron chi connectivity index (χ3n) is 2.44. The molecule has 100 valence electrons. The van der Waals surface area contributed by atoms with Crippen LogP contribution in [0.15, 0.2) is 30.5 Å². The van der Waals surface area contributed by atoms with Crippen LogP contribution in [0, 0.1) is 3.57 Å². The Morgan fingerprint density at radius 2 is 2.26 bits per heavy atom. The van der Waals surface area contributed by atoms with E-state index in [1.165, 1.54) is 4.68 Å². The van der Waals surface area contributed by atoms with Gasteiger partial charge >= 0.3 is 0 Å². The second-order valence-electron chi connectivity index (χ2n) is 4.04. The number of carbonyl (C=O) groups is 1. The Kier molecular flexibility index (Phi) is 4.48. The molecule has 0 fully saturated rings. The molecular formula is C12H13IN4O2. The third kappa shape index (κ3) is 3.74. The van der Waals surface area contributed by atoms with Gasteiger partial charge in [-0.2, -0.15) is 0 Å². The number of hydrogen-bond donors (Lipinski definition) is 2. The molecule has 1 atom stereocenters. The van der Waals surface area contributed by atoms with E-state index in [9.17, 15) is 9.90 Å². The number of para-hydroxylation sites is 1. The first-order valence-electron chi connectivity index (χ1n) is 5.68. The molecule has 1 heterocycles. The molecule has 0 aliphatic heterocycles. The second-order valence-corrected chi connectivity index (χ2v) is 5.21. The molecule has 0 spiro atoms. The molecule has 19 heavy (non-hydrogen) atoms. The predicted molar refractivity (Wildman–Crippen MR) is 78.4 cm³/mol. The lowest BCUT2D eigenvalue weighted by molar-refractivity contribution is -0.116. The van der Waals surface area contributed by atoms with E-state index in [1.807, 2.05) is 24.3 Å². The Morgan fingerprint density at radius 1 is 1.53 bits per heavy atom. The van der Waals surface area contributed by atoms with Crippen LogP contribution < -0.4 is 5.32 Å². The van der Waals surface area contributed by atoms with Gasteiger partial charge in [0.1, 0.15) is 12.2 Å². The van der Waals surface area contributed by atoms with Crippen molar-refractivity contribution in [1.82, 2.24) is 15.0 Å². The summed E-state index contributed by atoms with van der Waals surface area (Å²) < 4.78 is 2.37. The summed E-state index contributed by atoms with van der Waals surface area (Å²) >= 11 is 2.15. The maximum Gasteiger partial charge on any atom is 0.246 e. The number of nitrogens with one attached hydrogen (secondary N) is 1. The number of carbonyl (C=O) groups excluding carboxylic acids is 1. The SMILES string of the molecule is CC(O)c1cn(CC(=O)Nc2ccccc2I)nn1. The zero-order chi connectivity index (χ0) is 13.8. The van der Waals surface area contributed by atoms with Gasteiger partial charge in [-0.25, -0.2) is 4.68 Å². The molecule has 0 radical (unpaired) electrons. The minimum Gasteiger partial charge on any atom is -0.387 e. The third-order valence-corrected chi connectivity index (χ3v) is 3.38. The van der Waals surface area contributed by atoms with E-state index >= 15 is 0 Å². The van der Waals surface area contributed by atoms with Crippen LogP contribution in [0.1, 0.15) is 18.7 Å². The van der Waals surface area contributed by atoms with E-state index in [4.69, 9.17) is 0 Å². The van der Waals surface area contributed by atoms with Crippen LogP contribution in [0.25, 0.3) is 0 Å². The number of anilines is 1. The molecule has 0 aliphatic carbocycles. The van der Waals surface area contributed by atoms with E-state index in [-0.39, 0.29) is 12.5 Å². The Bertz CT molecular complexity index is 583. The highest BCUT2D eigenvalue weighted by atomic mass is 127. The van der Waals surface area contributed by atoms with Crippen molar-refractivity contribution in [2.75, 3.05) is 5.32 Å². The summed E-state index contributed by atoms with van der Waals surface area (Å²) in [5.41, 5.74) is 1.21. The van der Waals surface area contributed by atoms with Crippen molar-refractivity contribution < 1.29 is 9.90 Å². The van der Waals surface area contributed by atoms with Gasteiger partial charge in [0.05, 0.1) is 18.0 Å². The van der Waals surface area contributed by atoms with Crippen molar-refractivity contribution in [3.05, 3.63) is 39.7 Å². The highest BCUT2D eigenvalue weighted by Crippen LogP contribution is 2.16. The summed E-state index contributed by atoms with van der Waals surface area (Å²) in [7, 11) is 0. The average molecular weight is 372 g/mol. The number of amides is 1. The summed E-state index contributed by atoms with van der Waals surface area (Å²) in [6, 6.07) is 7.52. The van der Waals surface area contributed by atoms with Crippen molar-refractivity contribution in [2.24, 2.45) is 0 Å². The Labute approximate surface area is 124 Å². The summed E-state index contributed by atoms with van der Waals surface area (Å²) in [5.74, 6) is -0.189. The Morgan fingerprint density at radius 3 is 2.89 bits per heavy atom. The monoisotopic (exact) mass is 372 g/mol. The first kappa shape index (κ1) is 13.9. The number of aromatic nitrogens is 3. The molecular weight excluding hydrogens is 359 g/mol. The Hall–Kier alpha value is -1.48.